The number of hydrogen-bond donors (Lipinski definition) is 2. The molecule has 0 spiro atoms. The van der Waals surface area contributed by atoms with Gasteiger partial charge in [-0.05, 0) is 55.2 Å². The van der Waals surface area contributed by atoms with Crippen LogP contribution in [-0.4, -0.2) is 22.6 Å². The average molecular weight is 511 g/mol. The van der Waals surface area contributed by atoms with E-state index in [4.69, 9.17) is 9.98 Å². The van der Waals surface area contributed by atoms with Crippen LogP contribution in [0.15, 0.2) is 113 Å². The van der Waals surface area contributed by atoms with E-state index in [1.54, 1.807) is 12.4 Å². The fourth-order valence-corrected chi connectivity index (χ4v) is 4.86. The molecule has 0 bridgehead atoms. The summed E-state index contributed by atoms with van der Waals surface area (Å²) in [6.07, 6.45) is 3.41. The Kier molecular flexibility index (Phi) is 7.37. The molecule has 0 unspecified atom stereocenters. The lowest BCUT2D eigenvalue weighted by Gasteiger charge is -2.12. The van der Waals surface area contributed by atoms with Crippen molar-refractivity contribution in [2.24, 2.45) is 9.98 Å². The maximum absolute atomic E-state index is 11.0. The lowest BCUT2D eigenvalue weighted by molar-refractivity contribution is 0.476. The molecule has 0 radical (unpaired) electrons. The van der Waals surface area contributed by atoms with Crippen molar-refractivity contribution in [1.82, 2.24) is 0 Å². The molecule has 5 rings (SSSR count). The molecule has 0 aliphatic carbocycles. The zero-order valence-electron chi connectivity index (χ0n) is 22.3. The first-order chi connectivity index (χ1) is 18.9. The smallest absolute Gasteiger partial charge is 0.132 e. The molecule has 0 aliphatic heterocycles. The Balaban J connectivity index is 1.49. The number of benzene rings is 5. The lowest BCUT2D eigenvalue weighted by Crippen LogP contribution is -1.91. The maximum atomic E-state index is 11.0. The molecule has 39 heavy (non-hydrogen) atoms. The van der Waals surface area contributed by atoms with E-state index in [0.29, 0.717) is 11.1 Å². The summed E-state index contributed by atoms with van der Waals surface area (Å²) in [4.78, 5) is 9.58. The van der Waals surface area contributed by atoms with Gasteiger partial charge in [-0.3, -0.25) is 9.98 Å². The summed E-state index contributed by atoms with van der Waals surface area (Å²) < 4.78 is 0. The minimum Gasteiger partial charge on any atom is -0.507 e. The van der Waals surface area contributed by atoms with Gasteiger partial charge in [0.15, 0.2) is 0 Å². The van der Waals surface area contributed by atoms with Crippen LogP contribution in [-0.2, 0) is 0 Å². The SMILES string of the molecule is Cc1cc(C)c(N=Cc2cccc(-c3ccccc3)c2O)c(C)c1N=Cc1cccc(-c2ccccc2)c1O. The highest BCUT2D eigenvalue weighted by molar-refractivity contribution is 5.92. The summed E-state index contributed by atoms with van der Waals surface area (Å²) in [7, 11) is 0. The van der Waals surface area contributed by atoms with Crippen molar-refractivity contribution in [3.63, 3.8) is 0 Å². The third-order valence-corrected chi connectivity index (χ3v) is 6.86. The number of phenols is 2. The van der Waals surface area contributed by atoms with Crippen molar-refractivity contribution in [3.05, 3.63) is 131 Å². The van der Waals surface area contributed by atoms with E-state index in [2.05, 4.69) is 6.07 Å². The number of aromatic hydroxyl groups is 2. The van der Waals surface area contributed by atoms with E-state index < -0.39 is 0 Å². The highest BCUT2D eigenvalue weighted by Gasteiger charge is 2.12. The van der Waals surface area contributed by atoms with Crippen molar-refractivity contribution < 1.29 is 10.2 Å². The highest BCUT2D eigenvalue weighted by atomic mass is 16.3. The van der Waals surface area contributed by atoms with Crippen molar-refractivity contribution in [1.29, 1.82) is 0 Å². The van der Waals surface area contributed by atoms with Gasteiger partial charge >= 0.3 is 0 Å². The van der Waals surface area contributed by atoms with Crippen molar-refractivity contribution >= 4 is 23.8 Å². The molecule has 0 fully saturated rings. The van der Waals surface area contributed by atoms with E-state index in [9.17, 15) is 10.2 Å². The maximum Gasteiger partial charge on any atom is 0.132 e. The summed E-state index contributed by atoms with van der Waals surface area (Å²) in [6, 6.07) is 33.0. The molecule has 4 nitrogen and oxygen atoms in total. The van der Waals surface area contributed by atoms with Crippen LogP contribution >= 0.6 is 0 Å². The fourth-order valence-electron chi connectivity index (χ4n) is 4.86. The molecule has 0 atom stereocenters. The Morgan fingerprint density at radius 3 is 1.33 bits per heavy atom. The first-order valence-corrected chi connectivity index (χ1v) is 12.9. The van der Waals surface area contributed by atoms with Gasteiger partial charge in [-0.25, -0.2) is 0 Å². The number of rotatable bonds is 6. The molecule has 5 aromatic carbocycles. The van der Waals surface area contributed by atoms with Crippen molar-refractivity contribution in [2.75, 3.05) is 0 Å². The molecule has 0 saturated carbocycles. The van der Waals surface area contributed by atoms with E-state index >= 15 is 0 Å². The van der Waals surface area contributed by atoms with Gasteiger partial charge in [-0.1, -0.05) is 91.0 Å². The Hall–Kier alpha value is -4.96. The molecule has 0 amide bonds. The van der Waals surface area contributed by atoms with Crippen LogP contribution < -0.4 is 0 Å². The first-order valence-electron chi connectivity index (χ1n) is 12.9. The number of phenolic OH excluding ortho intramolecular Hbond substituents is 2. The lowest BCUT2D eigenvalue weighted by atomic mass is 10.0. The van der Waals surface area contributed by atoms with Gasteiger partial charge in [0.2, 0.25) is 0 Å². The van der Waals surface area contributed by atoms with Crippen LogP contribution in [0, 0.1) is 20.8 Å². The number of aryl methyl sites for hydroxylation is 2. The largest absolute Gasteiger partial charge is 0.507 e. The number of nitrogens with zero attached hydrogens (tertiary/aromatic N) is 2. The minimum atomic E-state index is 0.196. The molecule has 0 aromatic heterocycles. The molecule has 192 valence electrons. The number of aliphatic imine (C=N–C) groups is 2. The van der Waals surface area contributed by atoms with Crippen LogP contribution in [0.1, 0.15) is 27.8 Å². The van der Waals surface area contributed by atoms with Crippen LogP contribution in [0.25, 0.3) is 22.3 Å². The molecule has 0 saturated heterocycles. The fraction of sp³-hybridized carbons (Fsp3) is 0.0857. The summed E-state index contributed by atoms with van der Waals surface area (Å²) in [5.74, 6) is 0.392. The Morgan fingerprint density at radius 1 is 0.513 bits per heavy atom. The van der Waals surface area contributed by atoms with Gasteiger partial charge in [0.25, 0.3) is 0 Å². The van der Waals surface area contributed by atoms with Crippen LogP contribution in [0.2, 0.25) is 0 Å². The summed E-state index contributed by atoms with van der Waals surface area (Å²) in [6.45, 7) is 6.05. The standard InChI is InChI=1S/C35H30N2O2/c1-23-20-24(2)33(37-22-29-17-11-19-31(35(29)39)27-14-8-5-9-15-27)25(3)32(23)36-21-28-16-10-18-30(34(28)38)26-12-6-4-7-13-26/h4-22,38-39H,1-3H3. The van der Waals surface area contributed by atoms with E-state index in [-0.39, 0.29) is 11.5 Å². The second kappa shape index (κ2) is 11.2. The summed E-state index contributed by atoms with van der Waals surface area (Å²) >= 11 is 0. The molecular formula is C35H30N2O2. The quantitative estimate of drug-likeness (QED) is 0.224. The van der Waals surface area contributed by atoms with Crippen LogP contribution in [0.4, 0.5) is 11.4 Å². The van der Waals surface area contributed by atoms with Crippen molar-refractivity contribution in [3.8, 4) is 33.8 Å². The third kappa shape index (κ3) is 5.36. The predicted molar refractivity (Wildman–Crippen MR) is 162 cm³/mol. The van der Waals surface area contributed by atoms with Crippen molar-refractivity contribution in [2.45, 2.75) is 20.8 Å². The summed E-state index contributed by atoms with van der Waals surface area (Å²) in [5.41, 5.74) is 9.29. The molecule has 2 N–H and O–H groups in total. The van der Waals surface area contributed by atoms with E-state index in [1.165, 1.54) is 0 Å². The summed E-state index contributed by atoms with van der Waals surface area (Å²) in [5, 5.41) is 21.9. The monoisotopic (exact) mass is 510 g/mol. The predicted octanol–water partition coefficient (Wildman–Crippen LogP) is 8.86. The number of hydrogen-bond acceptors (Lipinski definition) is 4. The normalized spacial score (nSPS) is 11.5. The molecule has 4 heteroatoms. The Labute approximate surface area is 229 Å². The Morgan fingerprint density at radius 2 is 0.923 bits per heavy atom. The molecular weight excluding hydrogens is 480 g/mol. The van der Waals surface area contributed by atoms with Gasteiger partial charge in [0.1, 0.15) is 11.5 Å². The first kappa shape index (κ1) is 25.7. The van der Waals surface area contributed by atoms with Crippen LogP contribution in [0.3, 0.4) is 0 Å². The molecule has 0 aliphatic rings. The topological polar surface area (TPSA) is 65.2 Å². The van der Waals surface area contributed by atoms with E-state index in [0.717, 1.165) is 50.3 Å². The van der Waals surface area contributed by atoms with Gasteiger partial charge in [0, 0.05) is 40.2 Å². The average Bonchev–Trinajstić information content (AvgIpc) is 2.95. The van der Waals surface area contributed by atoms with Gasteiger partial charge in [0.05, 0.1) is 11.4 Å². The third-order valence-electron chi connectivity index (χ3n) is 6.86. The Bertz CT molecular complexity index is 1560. The zero-order chi connectivity index (χ0) is 27.4. The highest BCUT2D eigenvalue weighted by Crippen LogP contribution is 2.37. The van der Waals surface area contributed by atoms with E-state index in [1.807, 2.05) is 118 Å². The molecule has 0 heterocycles. The van der Waals surface area contributed by atoms with Crippen LogP contribution in [0.5, 0.6) is 11.5 Å². The zero-order valence-corrected chi connectivity index (χ0v) is 22.3. The van der Waals surface area contributed by atoms with Gasteiger partial charge < -0.3 is 10.2 Å². The second-order valence-electron chi connectivity index (χ2n) is 9.57. The van der Waals surface area contributed by atoms with Gasteiger partial charge in [-0.2, -0.15) is 0 Å². The second-order valence-corrected chi connectivity index (χ2v) is 9.57. The number of para-hydroxylation sites is 2. The molecule has 5 aromatic rings. The minimum absolute atomic E-state index is 0.196. The van der Waals surface area contributed by atoms with Gasteiger partial charge in [-0.15, -0.1) is 0 Å².